The molecule has 0 N–H and O–H groups in total. The minimum Gasteiger partial charge on any atom is -0.240 e. The lowest BCUT2D eigenvalue weighted by Gasteiger charge is -2.11. The molecule has 0 spiro atoms. The van der Waals surface area contributed by atoms with Crippen LogP contribution in [0.2, 0.25) is 0 Å². The van der Waals surface area contributed by atoms with Gasteiger partial charge in [-0.15, -0.1) is 16.7 Å². The topological polar surface area (TPSA) is 30.7 Å². The maximum Gasteiger partial charge on any atom is 0.217 e. The normalized spacial score (nSPS) is 23.4. The van der Waals surface area contributed by atoms with Crippen LogP contribution < -0.4 is 0 Å². The Morgan fingerprint density at radius 1 is 1.31 bits per heavy atom. The van der Waals surface area contributed by atoms with E-state index in [1.165, 1.54) is 5.56 Å². The summed E-state index contributed by atoms with van der Waals surface area (Å²) in [6.45, 7) is 0. The molecule has 0 aliphatic carbocycles. The first-order chi connectivity index (χ1) is 7.75. The van der Waals surface area contributed by atoms with Crippen LogP contribution in [0.1, 0.15) is 29.2 Å². The molecule has 1 aromatic carbocycles. The molecular formula is C11H9BrClN3. The van der Waals surface area contributed by atoms with Crippen molar-refractivity contribution < 1.29 is 0 Å². The van der Waals surface area contributed by atoms with Crippen molar-refractivity contribution in [1.29, 1.82) is 0 Å². The highest BCUT2D eigenvalue weighted by atomic mass is 79.9. The molecule has 0 saturated carbocycles. The molecule has 3 rings (SSSR count). The molecule has 2 aromatic rings. The van der Waals surface area contributed by atoms with Gasteiger partial charge in [0.05, 0.1) is 11.4 Å². The fourth-order valence-corrected chi connectivity index (χ4v) is 2.77. The van der Waals surface area contributed by atoms with E-state index in [0.29, 0.717) is 4.73 Å². The molecular weight excluding hydrogens is 289 g/mol. The zero-order chi connectivity index (χ0) is 11.1. The van der Waals surface area contributed by atoms with Crippen LogP contribution in [0.5, 0.6) is 0 Å². The van der Waals surface area contributed by atoms with Crippen LogP contribution in [0.15, 0.2) is 35.1 Å². The average molecular weight is 299 g/mol. The van der Waals surface area contributed by atoms with E-state index in [-0.39, 0.29) is 11.4 Å². The number of benzene rings is 1. The van der Waals surface area contributed by atoms with Gasteiger partial charge in [-0.3, -0.25) is 0 Å². The third-order valence-electron chi connectivity index (χ3n) is 2.82. The predicted molar refractivity (Wildman–Crippen MR) is 65.5 cm³/mol. The Hall–Kier alpha value is -0.870. The summed E-state index contributed by atoms with van der Waals surface area (Å²) in [4.78, 5) is 4.28. The smallest absolute Gasteiger partial charge is 0.217 e. The van der Waals surface area contributed by atoms with Gasteiger partial charge >= 0.3 is 0 Å². The van der Waals surface area contributed by atoms with E-state index in [9.17, 15) is 0 Å². The number of nitrogens with zero attached hydrogens (tertiary/aromatic N) is 3. The maximum absolute atomic E-state index is 6.26. The second-order valence-corrected chi connectivity index (χ2v) is 5.05. The fraction of sp³-hybridized carbons (Fsp3) is 0.273. The number of hydrogen-bond acceptors (Lipinski definition) is 2. The molecule has 0 bridgehead atoms. The number of rotatable bonds is 1. The van der Waals surface area contributed by atoms with Crippen LogP contribution in [0.4, 0.5) is 0 Å². The molecule has 1 aliphatic rings. The molecule has 5 heteroatoms. The second-order valence-electron chi connectivity index (χ2n) is 3.81. The van der Waals surface area contributed by atoms with Crippen molar-refractivity contribution in [3.05, 3.63) is 46.5 Å². The summed E-state index contributed by atoms with van der Waals surface area (Å²) in [5, 5.41) is 4.29. The van der Waals surface area contributed by atoms with Crippen molar-refractivity contribution in [2.45, 2.75) is 17.8 Å². The third kappa shape index (κ3) is 1.57. The van der Waals surface area contributed by atoms with E-state index in [0.717, 1.165) is 12.2 Å². The number of hydrogen-bond donors (Lipinski definition) is 0. The van der Waals surface area contributed by atoms with Crippen LogP contribution in [-0.4, -0.2) is 14.8 Å². The van der Waals surface area contributed by atoms with Gasteiger partial charge < -0.3 is 0 Å². The highest BCUT2D eigenvalue weighted by molar-refractivity contribution is 9.10. The molecule has 0 saturated heterocycles. The Labute approximate surface area is 107 Å². The van der Waals surface area contributed by atoms with Crippen LogP contribution in [-0.2, 0) is 0 Å². The van der Waals surface area contributed by atoms with Gasteiger partial charge in [0.15, 0.2) is 0 Å². The van der Waals surface area contributed by atoms with Gasteiger partial charge in [0, 0.05) is 0 Å². The summed E-state index contributed by atoms with van der Waals surface area (Å²) in [5.41, 5.74) is 1.23. The summed E-state index contributed by atoms with van der Waals surface area (Å²) in [6, 6.07) is 10.5. The lowest BCUT2D eigenvalue weighted by atomic mass is 10.1. The van der Waals surface area contributed by atoms with Crippen molar-refractivity contribution in [2.75, 3.05) is 0 Å². The molecule has 82 valence electrons. The van der Waals surface area contributed by atoms with E-state index in [1.54, 1.807) is 0 Å². The molecule has 3 nitrogen and oxygen atoms in total. The van der Waals surface area contributed by atoms with Crippen molar-refractivity contribution in [1.82, 2.24) is 14.8 Å². The van der Waals surface area contributed by atoms with Gasteiger partial charge in [-0.2, -0.15) is 0 Å². The number of aromatic nitrogens is 3. The first-order valence-electron chi connectivity index (χ1n) is 5.06. The Morgan fingerprint density at radius 3 is 2.81 bits per heavy atom. The summed E-state index contributed by atoms with van der Waals surface area (Å²) in [5.74, 6) is 0.849. The molecule has 0 radical (unpaired) electrons. The maximum atomic E-state index is 6.26. The van der Waals surface area contributed by atoms with Crippen LogP contribution in [0.3, 0.4) is 0 Å². The lowest BCUT2D eigenvalue weighted by Crippen LogP contribution is -2.07. The van der Waals surface area contributed by atoms with E-state index in [4.69, 9.17) is 11.6 Å². The molecule has 1 aliphatic heterocycles. The van der Waals surface area contributed by atoms with Crippen molar-refractivity contribution in [3.8, 4) is 0 Å². The fourth-order valence-electron chi connectivity index (χ4n) is 2.10. The van der Waals surface area contributed by atoms with Gasteiger partial charge in [-0.25, -0.2) is 9.67 Å². The van der Waals surface area contributed by atoms with Crippen LogP contribution >= 0.6 is 27.5 Å². The predicted octanol–water partition coefficient (Wildman–Crippen LogP) is 3.31. The highest BCUT2D eigenvalue weighted by Crippen LogP contribution is 2.40. The van der Waals surface area contributed by atoms with Crippen molar-refractivity contribution in [2.24, 2.45) is 0 Å². The molecule has 0 fully saturated rings. The standard InChI is InChI=1S/C11H9BrClN3/c12-11-14-10-8(13)6-9(16(10)15-11)7-4-2-1-3-5-7/h1-5,8-9H,6H2/t8-,9-/m0/s1. The molecule has 0 unspecified atom stereocenters. The van der Waals surface area contributed by atoms with Crippen LogP contribution in [0.25, 0.3) is 0 Å². The molecule has 2 heterocycles. The Morgan fingerprint density at radius 2 is 2.06 bits per heavy atom. The highest BCUT2D eigenvalue weighted by Gasteiger charge is 2.33. The van der Waals surface area contributed by atoms with E-state index >= 15 is 0 Å². The Bertz CT molecular complexity index is 511. The third-order valence-corrected chi connectivity index (χ3v) is 3.53. The minimum atomic E-state index is -0.0518. The minimum absolute atomic E-state index is 0.0518. The second kappa shape index (κ2) is 3.86. The zero-order valence-electron chi connectivity index (χ0n) is 8.35. The summed E-state index contributed by atoms with van der Waals surface area (Å²) in [7, 11) is 0. The molecule has 0 amide bonds. The zero-order valence-corrected chi connectivity index (χ0v) is 10.7. The van der Waals surface area contributed by atoms with Gasteiger partial charge in [0.2, 0.25) is 4.73 Å². The molecule has 1 aromatic heterocycles. The molecule has 16 heavy (non-hydrogen) atoms. The largest absolute Gasteiger partial charge is 0.240 e. The number of alkyl halides is 1. The van der Waals surface area contributed by atoms with E-state index < -0.39 is 0 Å². The Balaban J connectivity index is 2.06. The van der Waals surface area contributed by atoms with E-state index in [2.05, 4.69) is 38.1 Å². The van der Waals surface area contributed by atoms with E-state index in [1.807, 2.05) is 22.9 Å². The lowest BCUT2D eigenvalue weighted by molar-refractivity contribution is 0.550. The monoisotopic (exact) mass is 297 g/mol. The molecule has 2 atom stereocenters. The summed E-state index contributed by atoms with van der Waals surface area (Å²) in [6.07, 6.45) is 0.855. The first kappa shape index (κ1) is 10.3. The first-order valence-corrected chi connectivity index (χ1v) is 6.29. The average Bonchev–Trinajstić information content (AvgIpc) is 2.80. The Kier molecular flexibility index (Phi) is 2.48. The van der Waals surface area contributed by atoms with Gasteiger partial charge in [-0.05, 0) is 27.9 Å². The van der Waals surface area contributed by atoms with Gasteiger partial charge in [-0.1, -0.05) is 30.3 Å². The summed E-state index contributed by atoms with van der Waals surface area (Å²) >= 11 is 9.54. The number of fused-ring (bicyclic) bond motifs is 1. The van der Waals surface area contributed by atoms with Crippen molar-refractivity contribution in [3.63, 3.8) is 0 Å². The summed E-state index contributed by atoms with van der Waals surface area (Å²) < 4.78 is 2.52. The van der Waals surface area contributed by atoms with Crippen molar-refractivity contribution >= 4 is 27.5 Å². The SMILES string of the molecule is Cl[C@H]1C[C@@H](c2ccccc2)n2nc(Br)nc21. The van der Waals surface area contributed by atoms with Gasteiger partial charge in [0.1, 0.15) is 5.82 Å². The van der Waals surface area contributed by atoms with Crippen LogP contribution in [0, 0.1) is 0 Å². The quantitative estimate of drug-likeness (QED) is 0.756. The van der Waals surface area contributed by atoms with Gasteiger partial charge in [0.25, 0.3) is 0 Å². The number of halogens is 2.